The number of fused-ring (bicyclic) bond motifs is 1. The van der Waals surface area contributed by atoms with E-state index in [0.29, 0.717) is 18.7 Å². The first-order valence-electron chi connectivity index (χ1n) is 7.01. The summed E-state index contributed by atoms with van der Waals surface area (Å²) >= 11 is 0. The van der Waals surface area contributed by atoms with Crippen LogP contribution >= 0.6 is 0 Å². The zero-order chi connectivity index (χ0) is 15.0. The molecule has 0 fully saturated rings. The molecule has 0 atom stereocenters. The molecule has 3 rings (SSSR count). The number of aryl methyl sites for hydroxylation is 1. The third-order valence-corrected chi connectivity index (χ3v) is 4.05. The van der Waals surface area contributed by atoms with Crippen molar-refractivity contribution in [1.29, 1.82) is 0 Å². The molecule has 108 valence electrons. The molecular weight excluding hydrogens is 264 g/mol. The molecule has 0 aliphatic carbocycles. The number of aromatic hydroxyl groups is 1. The summed E-state index contributed by atoms with van der Waals surface area (Å²) in [5, 5.41) is 9.76. The zero-order valence-corrected chi connectivity index (χ0v) is 12.0. The molecule has 1 amide bonds. The molecule has 1 heterocycles. The molecule has 4 heteroatoms. The van der Waals surface area contributed by atoms with E-state index in [0.717, 1.165) is 23.2 Å². The Bertz CT molecular complexity index is 710. The number of carbonyl (C=O) groups excluding carboxylic acids is 1. The van der Waals surface area contributed by atoms with Gasteiger partial charge in [0.2, 0.25) is 0 Å². The van der Waals surface area contributed by atoms with Gasteiger partial charge in [0.05, 0.1) is 0 Å². The summed E-state index contributed by atoms with van der Waals surface area (Å²) in [7, 11) is 0. The highest BCUT2D eigenvalue weighted by Gasteiger charge is 2.23. The molecule has 4 nitrogen and oxygen atoms in total. The fourth-order valence-electron chi connectivity index (χ4n) is 2.71. The number of nitrogens with zero attached hydrogens (tertiary/aromatic N) is 1. The zero-order valence-electron chi connectivity index (χ0n) is 12.0. The maximum Gasteiger partial charge on any atom is 0.254 e. The second-order valence-electron chi connectivity index (χ2n) is 5.46. The lowest BCUT2D eigenvalue weighted by Crippen LogP contribution is -2.36. The average molecular weight is 282 g/mol. The van der Waals surface area contributed by atoms with Crippen LogP contribution in [0.4, 0.5) is 5.69 Å². The highest BCUT2D eigenvalue weighted by Crippen LogP contribution is 2.26. The number of rotatable bonds is 1. The molecule has 0 saturated heterocycles. The molecule has 0 spiro atoms. The first kappa shape index (κ1) is 13.5. The van der Waals surface area contributed by atoms with Crippen molar-refractivity contribution in [3.05, 3.63) is 58.7 Å². The second kappa shape index (κ2) is 5.13. The number of phenols is 1. The first-order chi connectivity index (χ1) is 10.1. The van der Waals surface area contributed by atoms with Gasteiger partial charge in [-0.3, -0.25) is 4.79 Å². The van der Waals surface area contributed by atoms with Gasteiger partial charge in [0.15, 0.2) is 0 Å². The van der Waals surface area contributed by atoms with E-state index in [2.05, 4.69) is 6.07 Å². The van der Waals surface area contributed by atoms with E-state index in [9.17, 15) is 9.90 Å². The monoisotopic (exact) mass is 282 g/mol. The maximum atomic E-state index is 12.6. The SMILES string of the molecule is Cc1ccc(C(=O)N2CCc3cccc(N)c3C2)cc1O. The van der Waals surface area contributed by atoms with Crippen LogP contribution in [0.25, 0.3) is 0 Å². The van der Waals surface area contributed by atoms with Gasteiger partial charge in [-0.2, -0.15) is 0 Å². The van der Waals surface area contributed by atoms with Crippen LogP contribution in [0.3, 0.4) is 0 Å². The number of phenolic OH excluding ortho intramolecular Hbond substituents is 1. The Balaban J connectivity index is 1.87. The quantitative estimate of drug-likeness (QED) is 0.790. The lowest BCUT2D eigenvalue weighted by Gasteiger charge is -2.30. The average Bonchev–Trinajstić information content (AvgIpc) is 2.49. The smallest absolute Gasteiger partial charge is 0.254 e. The van der Waals surface area contributed by atoms with Crippen LogP contribution in [0.1, 0.15) is 27.0 Å². The van der Waals surface area contributed by atoms with Crippen LogP contribution in [0, 0.1) is 6.92 Å². The minimum Gasteiger partial charge on any atom is -0.508 e. The summed E-state index contributed by atoms with van der Waals surface area (Å²) in [6, 6.07) is 10.9. The fraction of sp³-hybridized carbons (Fsp3) is 0.235. The van der Waals surface area contributed by atoms with Gasteiger partial charge >= 0.3 is 0 Å². The Morgan fingerprint density at radius 3 is 2.86 bits per heavy atom. The van der Waals surface area contributed by atoms with Crippen LogP contribution in [-0.4, -0.2) is 22.5 Å². The summed E-state index contributed by atoms with van der Waals surface area (Å²) in [5.74, 6) is 0.0805. The van der Waals surface area contributed by atoms with Gasteiger partial charge in [-0.25, -0.2) is 0 Å². The number of benzene rings is 2. The topological polar surface area (TPSA) is 66.6 Å². The fourth-order valence-corrected chi connectivity index (χ4v) is 2.71. The van der Waals surface area contributed by atoms with E-state index in [1.54, 1.807) is 24.0 Å². The normalized spacial score (nSPS) is 13.9. The molecule has 2 aromatic carbocycles. The standard InChI is InChI=1S/C17H18N2O2/c1-11-5-6-13(9-16(11)20)17(21)19-8-7-12-3-2-4-15(18)14(12)10-19/h2-6,9,20H,7-8,10,18H2,1H3. The Kier molecular flexibility index (Phi) is 3.29. The van der Waals surface area contributed by atoms with Crippen LogP contribution in [0.5, 0.6) is 5.75 Å². The Morgan fingerprint density at radius 2 is 2.10 bits per heavy atom. The van der Waals surface area contributed by atoms with Crippen LogP contribution in [-0.2, 0) is 13.0 Å². The molecule has 0 unspecified atom stereocenters. The third kappa shape index (κ3) is 2.44. The Labute approximate surface area is 123 Å². The molecule has 0 saturated carbocycles. The molecular formula is C17H18N2O2. The van der Waals surface area contributed by atoms with Crippen molar-refractivity contribution in [1.82, 2.24) is 4.90 Å². The van der Waals surface area contributed by atoms with E-state index in [4.69, 9.17) is 5.73 Å². The molecule has 2 aromatic rings. The summed E-state index contributed by atoms with van der Waals surface area (Å²) in [5.41, 5.74) is 10.3. The van der Waals surface area contributed by atoms with E-state index < -0.39 is 0 Å². The van der Waals surface area contributed by atoms with Crippen molar-refractivity contribution in [3.8, 4) is 5.75 Å². The van der Waals surface area contributed by atoms with E-state index >= 15 is 0 Å². The van der Waals surface area contributed by atoms with Gasteiger partial charge in [0, 0.05) is 24.3 Å². The second-order valence-corrected chi connectivity index (χ2v) is 5.46. The van der Waals surface area contributed by atoms with Gasteiger partial charge in [0.25, 0.3) is 5.91 Å². The summed E-state index contributed by atoms with van der Waals surface area (Å²) in [6.07, 6.45) is 0.809. The Morgan fingerprint density at radius 1 is 1.29 bits per heavy atom. The minimum atomic E-state index is -0.0702. The molecule has 0 bridgehead atoms. The van der Waals surface area contributed by atoms with Gasteiger partial charge < -0.3 is 15.7 Å². The number of nitrogens with two attached hydrogens (primary N) is 1. The van der Waals surface area contributed by atoms with Gasteiger partial charge in [-0.05, 0) is 48.2 Å². The highest BCUT2D eigenvalue weighted by molar-refractivity contribution is 5.95. The van der Waals surface area contributed by atoms with Gasteiger partial charge in [-0.1, -0.05) is 18.2 Å². The Hall–Kier alpha value is -2.49. The molecule has 1 aliphatic rings. The number of anilines is 1. The van der Waals surface area contributed by atoms with E-state index in [-0.39, 0.29) is 11.7 Å². The minimum absolute atomic E-state index is 0.0702. The number of nitrogen functional groups attached to an aromatic ring is 1. The number of hydrogen-bond donors (Lipinski definition) is 2. The van der Waals surface area contributed by atoms with E-state index in [1.807, 2.05) is 12.1 Å². The lowest BCUT2D eigenvalue weighted by atomic mass is 9.97. The molecule has 0 aromatic heterocycles. The van der Waals surface area contributed by atoms with Crippen molar-refractivity contribution >= 4 is 11.6 Å². The van der Waals surface area contributed by atoms with Crippen molar-refractivity contribution in [3.63, 3.8) is 0 Å². The van der Waals surface area contributed by atoms with Gasteiger partial charge in [-0.15, -0.1) is 0 Å². The maximum absolute atomic E-state index is 12.6. The molecule has 21 heavy (non-hydrogen) atoms. The van der Waals surface area contributed by atoms with Gasteiger partial charge in [0.1, 0.15) is 5.75 Å². The van der Waals surface area contributed by atoms with Crippen molar-refractivity contribution in [2.75, 3.05) is 12.3 Å². The predicted molar refractivity (Wildman–Crippen MR) is 82.1 cm³/mol. The predicted octanol–water partition coefficient (Wildman–Crippen LogP) is 2.48. The highest BCUT2D eigenvalue weighted by atomic mass is 16.3. The van der Waals surface area contributed by atoms with Crippen molar-refractivity contribution in [2.24, 2.45) is 0 Å². The number of hydrogen-bond acceptors (Lipinski definition) is 3. The molecule has 1 aliphatic heterocycles. The van der Waals surface area contributed by atoms with Crippen LogP contribution in [0.15, 0.2) is 36.4 Å². The summed E-state index contributed by atoms with van der Waals surface area (Å²) in [4.78, 5) is 14.3. The lowest BCUT2D eigenvalue weighted by molar-refractivity contribution is 0.0735. The summed E-state index contributed by atoms with van der Waals surface area (Å²) in [6.45, 7) is 3.00. The molecule has 0 radical (unpaired) electrons. The van der Waals surface area contributed by atoms with E-state index in [1.165, 1.54) is 11.6 Å². The van der Waals surface area contributed by atoms with Crippen molar-refractivity contribution < 1.29 is 9.90 Å². The van der Waals surface area contributed by atoms with Crippen LogP contribution < -0.4 is 5.73 Å². The molecule has 3 N–H and O–H groups in total. The first-order valence-corrected chi connectivity index (χ1v) is 7.01. The van der Waals surface area contributed by atoms with Crippen molar-refractivity contribution in [2.45, 2.75) is 19.9 Å². The third-order valence-electron chi connectivity index (χ3n) is 4.05. The largest absolute Gasteiger partial charge is 0.508 e. The summed E-state index contributed by atoms with van der Waals surface area (Å²) < 4.78 is 0. The van der Waals surface area contributed by atoms with Crippen LogP contribution in [0.2, 0.25) is 0 Å². The number of amides is 1. The number of carbonyl (C=O) groups is 1.